The summed E-state index contributed by atoms with van der Waals surface area (Å²) in [7, 11) is 1.56. The van der Waals surface area contributed by atoms with E-state index in [1.54, 1.807) is 7.11 Å². The van der Waals surface area contributed by atoms with Crippen LogP contribution >= 0.6 is 0 Å². The molecule has 3 heterocycles. The number of nitrogens with zero attached hydrogens (tertiary/aromatic N) is 4. The third-order valence-electron chi connectivity index (χ3n) is 3.81. The molecule has 102 valence electrons. The second-order valence-corrected chi connectivity index (χ2v) is 4.84. The molecule has 1 aromatic heterocycles. The normalized spacial score (nSPS) is 22.6. The van der Waals surface area contributed by atoms with Crippen LogP contribution in [0.2, 0.25) is 0 Å². The highest BCUT2D eigenvalue weighted by Crippen LogP contribution is 2.33. The molecule has 0 spiro atoms. The van der Waals surface area contributed by atoms with E-state index in [9.17, 15) is 4.79 Å². The van der Waals surface area contributed by atoms with Crippen LogP contribution < -0.4 is 15.4 Å². The maximum Gasteiger partial charge on any atom is 0.223 e. The number of ether oxygens (including phenoxy) is 1. The van der Waals surface area contributed by atoms with E-state index in [1.165, 1.54) is 6.33 Å². The Bertz CT molecular complexity index is 507. The van der Waals surface area contributed by atoms with Crippen LogP contribution in [0.15, 0.2) is 6.33 Å². The molecule has 1 atom stereocenters. The van der Waals surface area contributed by atoms with Crippen LogP contribution in [0.4, 0.5) is 11.6 Å². The first-order chi connectivity index (χ1) is 9.20. The Kier molecular flexibility index (Phi) is 2.88. The summed E-state index contributed by atoms with van der Waals surface area (Å²) in [6, 6.07) is 0.280. The smallest absolute Gasteiger partial charge is 0.223 e. The highest BCUT2D eigenvalue weighted by Gasteiger charge is 2.36. The topological polar surface area (TPSA) is 84.6 Å². The van der Waals surface area contributed by atoms with Gasteiger partial charge in [0.2, 0.25) is 11.7 Å². The summed E-state index contributed by atoms with van der Waals surface area (Å²) in [4.78, 5) is 24.0. The first-order valence-electron chi connectivity index (χ1n) is 6.39. The Balaban J connectivity index is 1.84. The summed E-state index contributed by atoms with van der Waals surface area (Å²) in [5.74, 6) is 1.84. The number of piperazine rings is 1. The summed E-state index contributed by atoms with van der Waals surface area (Å²) < 4.78 is 5.29. The Hall–Kier alpha value is -2.05. The van der Waals surface area contributed by atoms with Crippen molar-refractivity contribution in [2.45, 2.75) is 18.9 Å². The van der Waals surface area contributed by atoms with Gasteiger partial charge >= 0.3 is 0 Å². The molecule has 1 unspecified atom stereocenters. The van der Waals surface area contributed by atoms with Gasteiger partial charge in [0.15, 0.2) is 11.6 Å². The first kappa shape index (κ1) is 12.0. The summed E-state index contributed by atoms with van der Waals surface area (Å²) in [5.41, 5.74) is 5.80. The van der Waals surface area contributed by atoms with Gasteiger partial charge in [-0.15, -0.1) is 0 Å². The zero-order valence-corrected chi connectivity index (χ0v) is 10.9. The Labute approximate surface area is 111 Å². The summed E-state index contributed by atoms with van der Waals surface area (Å²) in [6.07, 6.45) is 3.01. The van der Waals surface area contributed by atoms with Gasteiger partial charge in [0.1, 0.15) is 6.33 Å². The number of hydrogen-bond acceptors (Lipinski definition) is 6. The lowest BCUT2D eigenvalue weighted by Gasteiger charge is -2.38. The minimum Gasteiger partial charge on any atom is -0.490 e. The zero-order chi connectivity index (χ0) is 13.4. The van der Waals surface area contributed by atoms with Crippen LogP contribution in [0.1, 0.15) is 12.8 Å². The predicted octanol–water partition coefficient (Wildman–Crippen LogP) is -0.122. The maximum absolute atomic E-state index is 11.7. The molecule has 1 amide bonds. The number of fused-ring (bicyclic) bond motifs is 1. The van der Waals surface area contributed by atoms with Gasteiger partial charge in [-0.25, -0.2) is 9.97 Å². The lowest BCUT2D eigenvalue weighted by atomic mass is 10.1. The van der Waals surface area contributed by atoms with E-state index in [2.05, 4.69) is 14.9 Å². The SMILES string of the molecule is COc1c(N)ncnc1N1CCN2C(=O)CCC2C1. The molecule has 2 N–H and O–H groups in total. The van der Waals surface area contributed by atoms with Crippen LogP contribution in [0.5, 0.6) is 5.75 Å². The van der Waals surface area contributed by atoms with E-state index in [0.29, 0.717) is 23.8 Å². The molecule has 19 heavy (non-hydrogen) atoms. The Morgan fingerprint density at radius 3 is 3.05 bits per heavy atom. The number of hydrogen-bond donors (Lipinski definition) is 1. The Morgan fingerprint density at radius 1 is 1.42 bits per heavy atom. The molecule has 0 saturated carbocycles. The monoisotopic (exact) mass is 263 g/mol. The third kappa shape index (κ3) is 1.94. The van der Waals surface area contributed by atoms with E-state index in [-0.39, 0.29) is 11.9 Å². The molecule has 0 radical (unpaired) electrons. The van der Waals surface area contributed by atoms with Gasteiger partial charge in [-0.05, 0) is 6.42 Å². The van der Waals surface area contributed by atoms with Crippen molar-refractivity contribution >= 4 is 17.5 Å². The van der Waals surface area contributed by atoms with E-state index in [0.717, 1.165) is 26.1 Å². The molecule has 2 fully saturated rings. The van der Waals surface area contributed by atoms with Gasteiger partial charge < -0.3 is 20.3 Å². The highest BCUT2D eigenvalue weighted by atomic mass is 16.5. The molecule has 7 nitrogen and oxygen atoms in total. The van der Waals surface area contributed by atoms with Crippen molar-refractivity contribution in [3.05, 3.63) is 6.33 Å². The largest absolute Gasteiger partial charge is 0.490 e. The molecular weight excluding hydrogens is 246 g/mol. The lowest BCUT2D eigenvalue weighted by molar-refractivity contribution is -0.129. The minimum atomic E-state index is 0.263. The third-order valence-corrected chi connectivity index (χ3v) is 3.81. The highest BCUT2D eigenvalue weighted by molar-refractivity contribution is 5.79. The fraction of sp³-hybridized carbons (Fsp3) is 0.583. The average molecular weight is 263 g/mol. The number of carbonyl (C=O) groups excluding carboxylic acids is 1. The van der Waals surface area contributed by atoms with Gasteiger partial charge in [-0.2, -0.15) is 0 Å². The van der Waals surface area contributed by atoms with Crippen molar-refractivity contribution in [2.24, 2.45) is 0 Å². The van der Waals surface area contributed by atoms with Crippen LogP contribution in [0.3, 0.4) is 0 Å². The number of methoxy groups -OCH3 is 1. The number of rotatable bonds is 2. The van der Waals surface area contributed by atoms with Crippen LogP contribution in [0.25, 0.3) is 0 Å². The molecule has 7 heteroatoms. The van der Waals surface area contributed by atoms with Crippen LogP contribution in [0, 0.1) is 0 Å². The fourth-order valence-electron chi connectivity index (χ4n) is 2.86. The maximum atomic E-state index is 11.7. The van der Waals surface area contributed by atoms with Crippen molar-refractivity contribution in [3.63, 3.8) is 0 Å². The quantitative estimate of drug-likeness (QED) is 0.800. The van der Waals surface area contributed by atoms with Crippen molar-refractivity contribution in [1.82, 2.24) is 14.9 Å². The van der Waals surface area contributed by atoms with E-state index < -0.39 is 0 Å². The van der Waals surface area contributed by atoms with Gasteiger partial charge in [0.05, 0.1) is 7.11 Å². The molecule has 0 aromatic carbocycles. The van der Waals surface area contributed by atoms with E-state index >= 15 is 0 Å². The molecule has 0 bridgehead atoms. The second kappa shape index (κ2) is 4.56. The zero-order valence-electron chi connectivity index (χ0n) is 10.9. The van der Waals surface area contributed by atoms with Gasteiger partial charge in [-0.1, -0.05) is 0 Å². The van der Waals surface area contributed by atoms with Crippen molar-refractivity contribution < 1.29 is 9.53 Å². The van der Waals surface area contributed by atoms with Crippen LogP contribution in [-0.2, 0) is 4.79 Å². The van der Waals surface area contributed by atoms with E-state index in [4.69, 9.17) is 10.5 Å². The number of nitrogen functional groups attached to an aromatic ring is 1. The first-order valence-corrected chi connectivity index (χ1v) is 6.39. The fourth-order valence-corrected chi connectivity index (χ4v) is 2.86. The van der Waals surface area contributed by atoms with Crippen molar-refractivity contribution in [1.29, 1.82) is 0 Å². The summed E-state index contributed by atoms with van der Waals surface area (Å²) >= 11 is 0. The molecule has 2 aliphatic rings. The second-order valence-electron chi connectivity index (χ2n) is 4.84. The van der Waals surface area contributed by atoms with Gasteiger partial charge in [0, 0.05) is 32.1 Å². The van der Waals surface area contributed by atoms with Crippen LogP contribution in [-0.4, -0.2) is 53.6 Å². The number of aromatic nitrogens is 2. The standard InChI is InChI=1S/C12H17N5O2/c1-19-10-11(13)14-7-15-12(10)16-4-5-17-8(6-16)2-3-9(17)18/h7-8H,2-6H2,1H3,(H2,13,14,15). The molecule has 2 saturated heterocycles. The van der Waals surface area contributed by atoms with Crippen molar-refractivity contribution in [3.8, 4) is 5.75 Å². The Morgan fingerprint density at radius 2 is 2.26 bits per heavy atom. The summed E-state index contributed by atoms with van der Waals surface area (Å²) in [6.45, 7) is 2.25. The van der Waals surface area contributed by atoms with Gasteiger partial charge in [0.25, 0.3) is 0 Å². The molecule has 2 aliphatic heterocycles. The number of nitrogens with two attached hydrogens (primary N) is 1. The minimum absolute atomic E-state index is 0.263. The molecule has 0 aliphatic carbocycles. The average Bonchev–Trinajstić information content (AvgIpc) is 2.79. The van der Waals surface area contributed by atoms with Gasteiger partial charge in [-0.3, -0.25) is 4.79 Å². The molecular formula is C12H17N5O2. The summed E-state index contributed by atoms with van der Waals surface area (Å²) in [5, 5.41) is 0. The lowest BCUT2D eigenvalue weighted by Crippen LogP contribution is -2.51. The number of carbonyl (C=O) groups is 1. The predicted molar refractivity (Wildman–Crippen MR) is 69.9 cm³/mol. The number of amides is 1. The molecule has 3 rings (SSSR count). The van der Waals surface area contributed by atoms with Crippen molar-refractivity contribution in [2.75, 3.05) is 37.4 Å². The number of anilines is 2. The molecule has 1 aromatic rings. The van der Waals surface area contributed by atoms with E-state index in [1.807, 2.05) is 4.90 Å².